The number of hydrogen-bond donors (Lipinski definition) is 2. The number of aryl methyl sites for hydroxylation is 1. The first-order valence-electron chi connectivity index (χ1n) is 6.33. The zero-order valence-corrected chi connectivity index (χ0v) is 14.2. The Morgan fingerprint density at radius 1 is 1.21 bits per heavy atom. The Hall–Kier alpha value is -0.820. The molecule has 0 unspecified atom stereocenters. The Balaban J connectivity index is 0.00000324. The van der Waals surface area contributed by atoms with Crippen LogP contribution in [0.15, 0.2) is 29.3 Å². The van der Waals surface area contributed by atoms with E-state index in [4.69, 9.17) is 4.74 Å². The van der Waals surface area contributed by atoms with Crippen molar-refractivity contribution in [2.24, 2.45) is 4.99 Å². The number of aliphatic imine (C=N–C) groups is 1. The van der Waals surface area contributed by atoms with Crippen LogP contribution in [0, 0.1) is 6.92 Å². The summed E-state index contributed by atoms with van der Waals surface area (Å²) < 4.78 is 5.00. The average Bonchev–Trinajstić information content (AvgIpc) is 2.38. The maximum absolute atomic E-state index is 5.00. The van der Waals surface area contributed by atoms with E-state index >= 15 is 0 Å². The molecule has 0 aliphatic carbocycles. The van der Waals surface area contributed by atoms with Gasteiger partial charge in [-0.1, -0.05) is 29.8 Å². The normalized spacial score (nSPS) is 10.8. The first-order chi connectivity index (χ1) is 8.76. The van der Waals surface area contributed by atoms with Crippen molar-refractivity contribution in [3.8, 4) is 0 Å². The highest BCUT2D eigenvalue weighted by atomic mass is 127. The van der Waals surface area contributed by atoms with Gasteiger partial charge in [0, 0.05) is 20.2 Å². The van der Waals surface area contributed by atoms with Crippen LogP contribution < -0.4 is 10.6 Å². The Labute approximate surface area is 133 Å². The van der Waals surface area contributed by atoms with Crippen molar-refractivity contribution < 1.29 is 4.74 Å². The van der Waals surface area contributed by atoms with Crippen LogP contribution in [0.2, 0.25) is 0 Å². The zero-order valence-electron chi connectivity index (χ0n) is 11.9. The second kappa shape index (κ2) is 11.0. The summed E-state index contributed by atoms with van der Waals surface area (Å²) in [6.45, 7) is 7.11. The molecule has 0 bridgehead atoms. The van der Waals surface area contributed by atoms with Crippen molar-refractivity contribution in [2.75, 3.05) is 26.8 Å². The van der Waals surface area contributed by atoms with Gasteiger partial charge < -0.3 is 15.4 Å². The van der Waals surface area contributed by atoms with Crippen molar-refractivity contribution >= 4 is 29.9 Å². The average molecular weight is 377 g/mol. The topological polar surface area (TPSA) is 45.7 Å². The second-order valence-electron chi connectivity index (χ2n) is 4.10. The molecule has 1 rings (SSSR count). The first kappa shape index (κ1) is 18.2. The highest BCUT2D eigenvalue weighted by Crippen LogP contribution is 2.04. The molecule has 108 valence electrons. The van der Waals surface area contributed by atoms with Gasteiger partial charge >= 0.3 is 0 Å². The minimum absolute atomic E-state index is 0. The number of methoxy groups -OCH3 is 1. The van der Waals surface area contributed by atoms with Crippen LogP contribution in [0.5, 0.6) is 0 Å². The van der Waals surface area contributed by atoms with E-state index in [-0.39, 0.29) is 24.0 Å². The number of ether oxygens (including phenoxy) is 1. The minimum Gasteiger partial charge on any atom is -0.383 e. The number of hydrogen-bond acceptors (Lipinski definition) is 2. The van der Waals surface area contributed by atoms with E-state index in [0.29, 0.717) is 13.2 Å². The van der Waals surface area contributed by atoms with Crippen LogP contribution in [0.25, 0.3) is 0 Å². The van der Waals surface area contributed by atoms with Crippen LogP contribution in [-0.4, -0.2) is 32.8 Å². The number of benzene rings is 1. The van der Waals surface area contributed by atoms with Crippen LogP contribution in [0.4, 0.5) is 0 Å². The fourth-order valence-electron chi connectivity index (χ4n) is 1.48. The Morgan fingerprint density at radius 3 is 2.47 bits per heavy atom. The molecule has 0 saturated carbocycles. The fourth-order valence-corrected chi connectivity index (χ4v) is 1.48. The summed E-state index contributed by atoms with van der Waals surface area (Å²) in [5.74, 6) is 0.829. The van der Waals surface area contributed by atoms with E-state index in [1.54, 1.807) is 7.11 Å². The summed E-state index contributed by atoms with van der Waals surface area (Å²) in [7, 11) is 1.69. The maximum atomic E-state index is 5.00. The summed E-state index contributed by atoms with van der Waals surface area (Å²) in [6, 6.07) is 8.43. The summed E-state index contributed by atoms with van der Waals surface area (Å²) in [5.41, 5.74) is 2.48. The molecule has 0 aliphatic rings. The monoisotopic (exact) mass is 377 g/mol. The van der Waals surface area contributed by atoms with E-state index in [9.17, 15) is 0 Å². The Morgan fingerprint density at radius 2 is 1.89 bits per heavy atom. The van der Waals surface area contributed by atoms with E-state index in [0.717, 1.165) is 19.0 Å². The predicted molar refractivity (Wildman–Crippen MR) is 91.3 cm³/mol. The molecule has 0 spiro atoms. The quantitative estimate of drug-likeness (QED) is 0.346. The number of nitrogens with zero attached hydrogens (tertiary/aromatic N) is 1. The SMILES string of the molecule is CCNC(=NCc1ccc(C)cc1)NCCOC.I. The molecule has 1 aromatic rings. The van der Waals surface area contributed by atoms with Gasteiger partial charge in [0.15, 0.2) is 5.96 Å². The third-order valence-electron chi connectivity index (χ3n) is 2.48. The van der Waals surface area contributed by atoms with E-state index < -0.39 is 0 Å². The number of guanidine groups is 1. The van der Waals surface area contributed by atoms with Gasteiger partial charge in [-0.15, -0.1) is 24.0 Å². The van der Waals surface area contributed by atoms with E-state index in [1.807, 2.05) is 0 Å². The molecular formula is C14H24IN3O. The van der Waals surface area contributed by atoms with Crippen molar-refractivity contribution in [3.05, 3.63) is 35.4 Å². The van der Waals surface area contributed by atoms with Gasteiger partial charge in [-0.05, 0) is 19.4 Å². The van der Waals surface area contributed by atoms with Gasteiger partial charge in [0.05, 0.1) is 13.2 Å². The largest absolute Gasteiger partial charge is 0.383 e. The molecule has 0 heterocycles. The molecule has 0 fully saturated rings. The Kier molecular flexibility index (Phi) is 10.6. The zero-order chi connectivity index (χ0) is 13.2. The summed E-state index contributed by atoms with van der Waals surface area (Å²) in [5, 5.41) is 6.42. The fraction of sp³-hybridized carbons (Fsp3) is 0.500. The van der Waals surface area contributed by atoms with Crippen molar-refractivity contribution in [1.29, 1.82) is 0 Å². The lowest BCUT2D eigenvalue weighted by molar-refractivity contribution is 0.203. The lowest BCUT2D eigenvalue weighted by Gasteiger charge is -2.10. The molecule has 0 amide bonds. The molecule has 19 heavy (non-hydrogen) atoms. The molecule has 4 nitrogen and oxygen atoms in total. The highest BCUT2D eigenvalue weighted by molar-refractivity contribution is 14.0. The van der Waals surface area contributed by atoms with Gasteiger partial charge in [-0.2, -0.15) is 0 Å². The van der Waals surface area contributed by atoms with Gasteiger partial charge in [0.25, 0.3) is 0 Å². The van der Waals surface area contributed by atoms with Crippen molar-refractivity contribution in [3.63, 3.8) is 0 Å². The minimum atomic E-state index is 0. The maximum Gasteiger partial charge on any atom is 0.191 e. The number of halogens is 1. The predicted octanol–water partition coefficient (Wildman–Crippen LogP) is 2.31. The molecule has 2 N–H and O–H groups in total. The number of nitrogens with one attached hydrogen (secondary N) is 2. The summed E-state index contributed by atoms with van der Waals surface area (Å²) in [4.78, 5) is 4.52. The van der Waals surface area contributed by atoms with Crippen molar-refractivity contribution in [1.82, 2.24) is 10.6 Å². The van der Waals surface area contributed by atoms with Gasteiger partial charge in [0.1, 0.15) is 0 Å². The van der Waals surface area contributed by atoms with Crippen LogP contribution >= 0.6 is 24.0 Å². The van der Waals surface area contributed by atoms with Crippen molar-refractivity contribution in [2.45, 2.75) is 20.4 Å². The molecule has 0 aromatic heterocycles. The molecular weight excluding hydrogens is 353 g/mol. The molecule has 0 aliphatic heterocycles. The van der Waals surface area contributed by atoms with Gasteiger partial charge in [-0.25, -0.2) is 4.99 Å². The van der Waals surface area contributed by atoms with Crippen LogP contribution in [-0.2, 0) is 11.3 Å². The molecule has 0 saturated heterocycles. The van der Waals surface area contributed by atoms with Crippen LogP contribution in [0.3, 0.4) is 0 Å². The summed E-state index contributed by atoms with van der Waals surface area (Å²) in [6.07, 6.45) is 0. The number of rotatable bonds is 6. The summed E-state index contributed by atoms with van der Waals surface area (Å²) >= 11 is 0. The lowest BCUT2D eigenvalue weighted by Crippen LogP contribution is -2.38. The van der Waals surface area contributed by atoms with Gasteiger partial charge in [0.2, 0.25) is 0 Å². The standard InChI is InChI=1S/C14H23N3O.HI/c1-4-15-14(16-9-10-18-3)17-11-13-7-5-12(2)6-8-13;/h5-8H,4,9-11H2,1-3H3,(H2,15,16,17);1H. The molecule has 1 aromatic carbocycles. The van der Waals surface area contributed by atoms with Crippen LogP contribution in [0.1, 0.15) is 18.1 Å². The first-order valence-corrected chi connectivity index (χ1v) is 6.33. The van der Waals surface area contributed by atoms with E-state index in [1.165, 1.54) is 11.1 Å². The van der Waals surface area contributed by atoms with Gasteiger partial charge in [-0.3, -0.25) is 0 Å². The Bertz CT molecular complexity index is 365. The highest BCUT2D eigenvalue weighted by Gasteiger charge is 1.96. The second-order valence-corrected chi connectivity index (χ2v) is 4.10. The third kappa shape index (κ3) is 8.05. The molecule has 0 radical (unpaired) electrons. The van der Waals surface area contributed by atoms with E-state index in [2.05, 4.69) is 53.7 Å². The molecule has 0 atom stereocenters. The smallest absolute Gasteiger partial charge is 0.191 e. The molecule has 5 heteroatoms. The third-order valence-corrected chi connectivity index (χ3v) is 2.48. The lowest BCUT2D eigenvalue weighted by atomic mass is 10.1.